The van der Waals surface area contributed by atoms with Gasteiger partial charge in [-0.3, -0.25) is 0 Å². The van der Waals surface area contributed by atoms with E-state index in [1.165, 1.54) is 18.2 Å². The first kappa shape index (κ1) is 12.5. The van der Waals surface area contributed by atoms with Crippen molar-refractivity contribution in [1.82, 2.24) is 4.98 Å². The van der Waals surface area contributed by atoms with E-state index in [1.54, 1.807) is 0 Å². The Hall–Kier alpha value is -2.96. The van der Waals surface area contributed by atoms with E-state index < -0.39 is 23.6 Å². The topological polar surface area (TPSA) is 125 Å². The molecule has 0 bridgehead atoms. The van der Waals surface area contributed by atoms with Gasteiger partial charge in [0.05, 0.1) is 16.6 Å². The Morgan fingerprint density at radius 2 is 1.53 bits per heavy atom. The van der Waals surface area contributed by atoms with Crippen LogP contribution < -0.4 is 0 Å². The van der Waals surface area contributed by atoms with Crippen LogP contribution >= 0.6 is 0 Å². The van der Waals surface area contributed by atoms with Gasteiger partial charge < -0.3 is 15.3 Å². The summed E-state index contributed by atoms with van der Waals surface area (Å²) in [6.07, 6.45) is 0. The van der Waals surface area contributed by atoms with Crippen LogP contribution in [0.15, 0.2) is 24.3 Å². The SMILES string of the molecule is O=C(O)c1cc(C(=O)O)c2cccc(C(=O)O)c2n1. The Morgan fingerprint density at radius 3 is 2.05 bits per heavy atom. The minimum absolute atomic E-state index is 0.0809. The molecule has 0 amide bonds. The summed E-state index contributed by atoms with van der Waals surface area (Å²) in [7, 11) is 0. The van der Waals surface area contributed by atoms with Crippen LogP contribution in [0.5, 0.6) is 0 Å². The highest BCUT2D eigenvalue weighted by Gasteiger charge is 2.19. The highest BCUT2D eigenvalue weighted by Crippen LogP contribution is 2.22. The average Bonchev–Trinajstić information content (AvgIpc) is 2.36. The van der Waals surface area contributed by atoms with Crippen LogP contribution in [0.2, 0.25) is 0 Å². The summed E-state index contributed by atoms with van der Waals surface area (Å²) in [5.74, 6) is -4.08. The van der Waals surface area contributed by atoms with Crippen molar-refractivity contribution in [1.29, 1.82) is 0 Å². The lowest BCUT2D eigenvalue weighted by Gasteiger charge is -2.06. The van der Waals surface area contributed by atoms with Gasteiger partial charge in [-0.2, -0.15) is 0 Å². The van der Waals surface area contributed by atoms with Crippen molar-refractivity contribution >= 4 is 28.8 Å². The van der Waals surface area contributed by atoms with Crippen LogP contribution in [-0.2, 0) is 0 Å². The summed E-state index contributed by atoms with van der Waals surface area (Å²) in [6, 6.07) is 4.89. The molecule has 1 aromatic carbocycles. The fraction of sp³-hybridized carbons (Fsp3) is 0. The molecule has 0 saturated heterocycles. The zero-order chi connectivity index (χ0) is 14.2. The number of para-hydroxylation sites is 1. The Kier molecular flexibility index (Phi) is 2.88. The van der Waals surface area contributed by atoms with Gasteiger partial charge in [0.15, 0.2) is 0 Å². The van der Waals surface area contributed by atoms with E-state index >= 15 is 0 Å². The Morgan fingerprint density at radius 1 is 0.895 bits per heavy atom. The number of rotatable bonds is 3. The normalized spacial score (nSPS) is 10.3. The highest BCUT2D eigenvalue weighted by molar-refractivity contribution is 6.10. The van der Waals surface area contributed by atoms with E-state index in [9.17, 15) is 14.4 Å². The van der Waals surface area contributed by atoms with Gasteiger partial charge in [-0.05, 0) is 12.1 Å². The second kappa shape index (κ2) is 4.37. The molecular weight excluding hydrogens is 254 g/mol. The van der Waals surface area contributed by atoms with Gasteiger partial charge >= 0.3 is 17.9 Å². The maximum atomic E-state index is 11.1. The number of aromatic carboxylic acids is 3. The van der Waals surface area contributed by atoms with Crippen molar-refractivity contribution in [2.45, 2.75) is 0 Å². The van der Waals surface area contributed by atoms with E-state index in [0.717, 1.165) is 6.07 Å². The lowest BCUT2D eigenvalue weighted by molar-refractivity contribution is 0.0677. The summed E-state index contributed by atoms with van der Waals surface area (Å²) in [5, 5.41) is 27.0. The van der Waals surface area contributed by atoms with Crippen molar-refractivity contribution in [3.05, 3.63) is 41.1 Å². The van der Waals surface area contributed by atoms with Crippen molar-refractivity contribution in [2.24, 2.45) is 0 Å². The first-order valence-electron chi connectivity index (χ1n) is 5.05. The number of hydrogen-bond donors (Lipinski definition) is 3. The van der Waals surface area contributed by atoms with Crippen molar-refractivity contribution in [3.63, 3.8) is 0 Å². The van der Waals surface area contributed by atoms with Crippen LogP contribution in [0.1, 0.15) is 31.2 Å². The molecule has 0 atom stereocenters. The summed E-state index contributed by atoms with van der Waals surface area (Å²) in [6.45, 7) is 0. The minimum Gasteiger partial charge on any atom is -0.478 e. The fourth-order valence-corrected chi connectivity index (χ4v) is 1.71. The van der Waals surface area contributed by atoms with Gasteiger partial charge in [0, 0.05) is 5.39 Å². The summed E-state index contributed by atoms with van der Waals surface area (Å²) in [5.41, 5.74) is -1.22. The van der Waals surface area contributed by atoms with Gasteiger partial charge in [-0.15, -0.1) is 0 Å². The van der Waals surface area contributed by atoms with Gasteiger partial charge in [-0.25, -0.2) is 19.4 Å². The largest absolute Gasteiger partial charge is 0.478 e. The quantitative estimate of drug-likeness (QED) is 0.760. The molecule has 0 saturated carbocycles. The standard InChI is InChI=1S/C12H7NO6/c14-10(15)6-3-1-2-5-7(11(16)17)4-8(12(18)19)13-9(5)6/h1-4H,(H,14,15)(H,16,17)(H,18,19). The first-order valence-corrected chi connectivity index (χ1v) is 5.05. The fourth-order valence-electron chi connectivity index (χ4n) is 1.71. The maximum Gasteiger partial charge on any atom is 0.354 e. The van der Waals surface area contributed by atoms with Crippen LogP contribution in [0.4, 0.5) is 0 Å². The molecule has 0 aliphatic rings. The lowest BCUT2D eigenvalue weighted by Crippen LogP contribution is -2.08. The van der Waals surface area contributed by atoms with Crippen molar-refractivity contribution in [2.75, 3.05) is 0 Å². The Labute approximate surface area is 105 Å². The molecule has 0 radical (unpaired) electrons. The zero-order valence-corrected chi connectivity index (χ0v) is 9.32. The first-order chi connectivity index (χ1) is 8.91. The van der Waals surface area contributed by atoms with Gasteiger partial charge in [-0.1, -0.05) is 12.1 Å². The molecule has 1 heterocycles. The summed E-state index contributed by atoms with van der Waals surface area (Å²) >= 11 is 0. The van der Waals surface area contributed by atoms with E-state index in [2.05, 4.69) is 4.98 Å². The lowest BCUT2D eigenvalue weighted by atomic mass is 10.0. The van der Waals surface area contributed by atoms with Crippen molar-refractivity contribution in [3.8, 4) is 0 Å². The third-order valence-corrected chi connectivity index (χ3v) is 2.52. The second-order valence-corrected chi connectivity index (χ2v) is 3.67. The molecule has 3 N–H and O–H groups in total. The predicted molar refractivity (Wildman–Crippen MR) is 62.6 cm³/mol. The van der Waals surface area contributed by atoms with Crippen LogP contribution in [-0.4, -0.2) is 38.2 Å². The van der Waals surface area contributed by atoms with Crippen LogP contribution in [0, 0.1) is 0 Å². The summed E-state index contributed by atoms with van der Waals surface area (Å²) in [4.78, 5) is 36.7. The number of pyridine rings is 1. The molecule has 2 rings (SSSR count). The van der Waals surface area contributed by atoms with E-state index in [-0.39, 0.29) is 22.0 Å². The van der Waals surface area contributed by atoms with Crippen LogP contribution in [0.3, 0.4) is 0 Å². The molecule has 0 unspecified atom stereocenters. The van der Waals surface area contributed by atoms with Gasteiger partial charge in [0.2, 0.25) is 0 Å². The summed E-state index contributed by atoms with van der Waals surface area (Å²) < 4.78 is 0. The third-order valence-electron chi connectivity index (χ3n) is 2.52. The Balaban J connectivity index is 2.95. The molecule has 2 aromatic rings. The molecule has 1 aromatic heterocycles. The average molecular weight is 261 g/mol. The zero-order valence-electron chi connectivity index (χ0n) is 9.32. The smallest absolute Gasteiger partial charge is 0.354 e. The number of carboxylic acid groups (broad SMARTS) is 3. The molecule has 7 nitrogen and oxygen atoms in total. The molecule has 0 aliphatic carbocycles. The molecule has 0 fully saturated rings. The molecule has 96 valence electrons. The van der Waals surface area contributed by atoms with E-state index in [0.29, 0.717) is 0 Å². The highest BCUT2D eigenvalue weighted by atomic mass is 16.4. The number of aromatic nitrogens is 1. The van der Waals surface area contributed by atoms with Gasteiger partial charge in [0.1, 0.15) is 5.69 Å². The molecule has 19 heavy (non-hydrogen) atoms. The number of benzene rings is 1. The molecule has 0 spiro atoms. The number of carbonyl (C=O) groups is 3. The van der Waals surface area contributed by atoms with E-state index in [4.69, 9.17) is 15.3 Å². The van der Waals surface area contributed by atoms with E-state index in [1.807, 2.05) is 0 Å². The second-order valence-electron chi connectivity index (χ2n) is 3.67. The molecule has 7 heteroatoms. The van der Waals surface area contributed by atoms with Gasteiger partial charge in [0.25, 0.3) is 0 Å². The minimum atomic E-state index is -1.43. The number of nitrogens with zero attached hydrogens (tertiary/aromatic N) is 1. The van der Waals surface area contributed by atoms with Crippen LogP contribution in [0.25, 0.3) is 10.9 Å². The maximum absolute atomic E-state index is 11.1. The Bertz CT molecular complexity index is 721. The van der Waals surface area contributed by atoms with Crippen molar-refractivity contribution < 1.29 is 29.7 Å². The molecule has 0 aliphatic heterocycles. The number of carboxylic acids is 3. The predicted octanol–water partition coefficient (Wildman–Crippen LogP) is 1.33. The molecular formula is C12H7NO6. The monoisotopic (exact) mass is 261 g/mol. The third kappa shape index (κ3) is 2.08. The number of fused-ring (bicyclic) bond motifs is 1. The number of hydrogen-bond acceptors (Lipinski definition) is 4.